The molecule has 3 atom stereocenters. The van der Waals surface area contributed by atoms with Gasteiger partial charge in [0.05, 0.1) is 19.0 Å². The summed E-state index contributed by atoms with van der Waals surface area (Å²) in [6, 6.07) is 9.54. The van der Waals surface area contributed by atoms with Crippen molar-refractivity contribution in [2.45, 2.75) is 31.1 Å². The Morgan fingerprint density at radius 2 is 2.17 bits per heavy atom. The highest BCUT2D eigenvalue weighted by Gasteiger charge is 2.48. The second kappa shape index (κ2) is 7.53. The summed E-state index contributed by atoms with van der Waals surface area (Å²) in [5, 5.41) is 23.3. The monoisotopic (exact) mass is 398 g/mol. The summed E-state index contributed by atoms with van der Waals surface area (Å²) in [7, 11) is 0. The zero-order valence-corrected chi connectivity index (χ0v) is 15.2. The molecule has 150 valence electrons. The van der Waals surface area contributed by atoms with E-state index in [1.165, 1.54) is 10.9 Å². The summed E-state index contributed by atoms with van der Waals surface area (Å²) in [4.78, 5) is 15.3. The molecule has 29 heavy (non-hydrogen) atoms. The third-order valence-corrected chi connectivity index (χ3v) is 4.66. The number of ether oxygens (including phenoxy) is 2. The molecule has 4 N–H and O–H groups in total. The minimum absolute atomic E-state index is 0.0238. The third-order valence-electron chi connectivity index (χ3n) is 4.66. The van der Waals surface area contributed by atoms with Gasteiger partial charge in [-0.2, -0.15) is 9.97 Å². The zero-order chi connectivity index (χ0) is 20.4. The molecule has 1 aliphatic rings. The van der Waals surface area contributed by atoms with Crippen LogP contribution in [0.15, 0.2) is 41.8 Å². The van der Waals surface area contributed by atoms with E-state index < -0.39 is 24.7 Å². The van der Waals surface area contributed by atoms with E-state index in [1.54, 1.807) is 0 Å². The Kier molecular flexibility index (Phi) is 4.91. The highest BCUT2D eigenvalue weighted by molar-refractivity contribution is 5.77. The van der Waals surface area contributed by atoms with E-state index in [1.807, 2.05) is 30.3 Å². The van der Waals surface area contributed by atoms with Gasteiger partial charge in [0.15, 0.2) is 16.9 Å². The Labute approximate surface area is 164 Å². The number of nitrogen functional groups attached to an aromatic ring is 1. The lowest BCUT2D eigenvalue weighted by atomic mass is 10.1. The Morgan fingerprint density at radius 1 is 1.38 bits per heavy atom. The smallest absolute Gasteiger partial charge is 0.247 e. The van der Waals surface area contributed by atoms with Gasteiger partial charge in [-0.3, -0.25) is 4.57 Å². The maximum absolute atomic E-state index is 10.3. The summed E-state index contributed by atoms with van der Waals surface area (Å²) >= 11 is 0. The average Bonchev–Trinajstić information content (AvgIpc) is 3.28. The molecule has 1 fully saturated rings. The Morgan fingerprint density at radius 3 is 2.90 bits per heavy atom. The molecule has 1 saturated heterocycles. The van der Waals surface area contributed by atoms with E-state index in [-0.39, 0.29) is 24.9 Å². The van der Waals surface area contributed by atoms with E-state index in [4.69, 9.17) is 20.7 Å². The van der Waals surface area contributed by atoms with Gasteiger partial charge in [0, 0.05) is 11.3 Å². The lowest BCUT2D eigenvalue weighted by Gasteiger charge is -2.24. The molecular formula is C17H18N8O4. The lowest BCUT2D eigenvalue weighted by Crippen LogP contribution is -2.40. The maximum Gasteiger partial charge on any atom is 0.247 e. The van der Waals surface area contributed by atoms with Gasteiger partial charge in [0.1, 0.15) is 12.8 Å². The first-order valence-corrected chi connectivity index (χ1v) is 8.76. The number of hydrogen-bond acceptors (Lipinski definition) is 9. The predicted octanol–water partition coefficient (Wildman–Crippen LogP) is 1.27. The maximum atomic E-state index is 10.3. The van der Waals surface area contributed by atoms with Crippen LogP contribution in [0.25, 0.3) is 21.6 Å². The molecule has 2 aromatic heterocycles. The van der Waals surface area contributed by atoms with Crippen LogP contribution in [0, 0.1) is 0 Å². The minimum atomic E-state index is -1.78. The Balaban J connectivity index is 1.66. The van der Waals surface area contributed by atoms with Gasteiger partial charge < -0.3 is 25.4 Å². The molecule has 12 heteroatoms. The van der Waals surface area contributed by atoms with Gasteiger partial charge in [0.2, 0.25) is 11.8 Å². The number of nitrogens with two attached hydrogens (primary N) is 1. The number of anilines is 1. The molecule has 0 amide bonds. The Hall–Kier alpha value is -3.44. The van der Waals surface area contributed by atoms with Crippen molar-refractivity contribution in [2.75, 3.05) is 12.3 Å². The standard InChI is InChI=1S/C17H18N8O4/c18-16-21-14-13(15(22-16)28-7-10-4-2-1-3-5-10)20-9-25(14)12-6-11(27)17(8-26,29-12)23-24-19/h1-5,9,11-12,26-27H,6-8H2,(H2,18,21,22)/t11-,12+,17+/m0/s1. The fourth-order valence-corrected chi connectivity index (χ4v) is 3.19. The van der Waals surface area contributed by atoms with Crippen molar-refractivity contribution in [1.82, 2.24) is 19.5 Å². The first-order valence-electron chi connectivity index (χ1n) is 8.76. The van der Waals surface area contributed by atoms with E-state index in [0.29, 0.717) is 11.2 Å². The minimum Gasteiger partial charge on any atom is -0.471 e. The van der Waals surface area contributed by atoms with Crippen molar-refractivity contribution < 1.29 is 19.7 Å². The fraction of sp³-hybridized carbons (Fsp3) is 0.353. The molecule has 0 bridgehead atoms. The summed E-state index contributed by atoms with van der Waals surface area (Å²) in [6.45, 7) is -0.410. The van der Waals surface area contributed by atoms with Gasteiger partial charge in [-0.15, -0.1) is 0 Å². The number of rotatable bonds is 6. The van der Waals surface area contributed by atoms with Crippen molar-refractivity contribution in [3.63, 3.8) is 0 Å². The molecule has 0 radical (unpaired) electrons. The van der Waals surface area contributed by atoms with Crippen LogP contribution < -0.4 is 10.5 Å². The van der Waals surface area contributed by atoms with Crippen LogP contribution in [0.1, 0.15) is 18.2 Å². The topological polar surface area (TPSA) is 177 Å². The van der Waals surface area contributed by atoms with E-state index in [2.05, 4.69) is 25.0 Å². The number of aromatic nitrogens is 4. The molecule has 3 heterocycles. The van der Waals surface area contributed by atoms with Gasteiger partial charge >= 0.3 is 0 Å². The summed E-state index contributed by atoms with van der Waals surface area (Å²) in [6.07, 6.45) is -0.507. The van der Waals surface area contributed by atoms with Crippen LogP contribution in [0.3, 0.4) is 0 Å². The number of imidazole rings is 1. The van der Waals surface area contributed by atoms with Crippen molar-refractivity contribution in [1.29, 1.82) is 0 Å². The van der Waals surface area contributed by atoms with Crippen molar-refractivity contribution in [2.24, 2.45) is 5.11 Å². The van der Waals surface area contributed by atoms with Gasteiger partial charge in [-0.1, -0.05) is 35.4 Å². The zero-order valence-electron chi connectivity index (χ0n) is 15.2. The molecular weight excluding hydrogens is 380 g/mol. The molecule has 4 rings (SSSR count). The molecule has 0 saturated carbocycles. The lowest BCUT2D eigenvalue weighted by molar-refractivity contribution is -0.122. The molecule has 3 aromatic rings. The van der Waals surface area contributed by atoms with Gasteiger partial charge in [-0.05, 0) is 11.1 Å². The summed E-state index contributed by atoms with van der Waals surface area (Å²) in [5.41, 5.74) is 14.4. The number of aliphatic hydroxyl groups excluding tert-OH is 2. The quantitative estimate of drug-likeness (QED) is 0.315. The third kappa shape index (κ3) is 3.41. The Bertz CT molecular complexity index is 1070. The number of nitrogens with zero attached hydrogens (tertiary/aromatic N) is 7. The van der Waals surface area contributed by atoms with Crippen molar-refractivity contribution >= 4 is 17.1 Å². The molecule has 1 aliphatic heterocycles. The normalized spacial score (nSPS) is 23.8. The highest BCUT2D eigenvalue weighted by Crippen LogP contribution is 2.39. The number of hydrogen-bond donors (Lipinski definition) is 3. The second-order valence-electron chi connectivity index (χ2n) is 6.50. The first-order chi connectivity index (χ1) is 14.1. The van der Waals surface area contributed by atoms with Gasteiger partial charge in [0.25, 0.3) is 0 Å². The van der Waals surface area contributed by atoms with Crippen molar-refractivity contribution in [3.8, 4) is 5.88 Å². The molecule has 12 nitrogen and oxygen atoms in total. The van der Waals surface area contributed by atoms with Crippen LogP contribution in [-0.2, 0) is 11.3 Å². The average molecular weight is 398 g/mol. The predicted molar refractivity (Wildman–Crippen MR) is 100 cm³/mol. The second-order valence-corrected chi connectivity index (χ2v) is 6.50. The number of aliphatic hydroxyl groups is 2. The van der Waals surface area contributed by atoms with Crippen molar-refractivity contribution in [3.05, 3.63) is 52.7 Å². The number of benzene rings is 1. The number of azide groups is 1. The van der Waals surface area contributed by atoms with Crippen LogP contribution >= 0.6 is 0 Å². The van der Waals surface area contributed by atoms with E-state index >= 15 is 0 Å². The molecule has 0 aliphatic carbocycles. The van der Waals surface area contributed by atoms with E-state index in [9.17, 15) is 10.2 Å². The fourth-order valence-electron chi connectivity index (χ4n) is 3.19. The van der Waals surface area contributed by atoms with Crippen LogP contribution in [0.5, 0.6) is 5.88 Å². The molecule has 1 aromatic carbocycles. The largest absolute Gasteiger partial charge is 0.471 e. The SMILES string of the molecule is [N-]=[N+]=N[C@]1(CO)O[C@@H](n2cnc3c(OCc4ccccc4)nc(N)nc32)C[C@@H]1O. The first kappa shape index (κ1) is 18.9. The summed E-state index contributed by atoms with van der Waals surface area (Å²) < 4.78 is 13.0. The molecule has 0 unspecified atom stereocenters. The summed E-state index contributed by atoms with van der Waals surface area (Å²) in [5.74, 6) is 0.182. The number of fused-ring (bicyclic) bond motifs is 1. The molecule has 0 spiro atoms. The van der Waals surface area contributed by atoms with Crippen LogP contribution in [0.4, 0.5) is 5.95 Å². The van der Waals surface area contributed by atoms with Gasteiger partial charge in [-0.25, -0.2) is 4.98 Å². The highest BCUT2D eigenvalue weighted by atomic mass is 16.6. The van der Waals surface area contributed by atoms with Crippen LogP contribution in [0.2, 0.25) is 0 Å². The van der Waals surface area contributed by atoms with E-state index in [0.717, 1.165) is 5.56 Å². The van der Waals surface area contributed by atoms with Crippen LogP contribution in [-0.4, -0.2) is 48.2 Å².